The number of nitrogens with zero attached hydrogens (tertiary/aromatic N) is 4. The van der Waals surface area contributed by atoms with Gasteiger partial charge in [0.15, 0.2) is 0 Å². The van der Waals surface area contributed by atoms with Gasteiger partial charge < -0.3 is 0 Å². The molecule has 1 aliphatic heterocycles. The van der Waals surface area contributed by atoms with Crippen LogP contribution in [-0.4, -0.2) is 18.3 Å². The van der Waals surface area contributed by atoms with Crippen molar-refractivity contribution < 1.29 is 18.3 Å². The highest BCUT2D eigenvalue weighted by atomic mass is 32.2. The zero-order chi connectivity index (χ0) is 22.8. The fraction of sp³-hybridized carbons (Fsp3) is 0. The van der Waals surface area contributed by atoms with Gasteiger partial charge in [-0.15, -0.1) is 0 Å². The van der Waals surface area contributed by atoms with Gasteiger partial charge in [-0.1, -0.05) is 0 Å². The Balaban J connectivity index is 2.24. The number of hydrogen-bond donors (Lipinski definition) is 0. The monoisotopic (exact) mass is 434 g/mol. The molecule has 0 spiro atoms. The molecule has 31 heavy (non-hydrogen) atoms. The number of allylic oxidation sites excluding steroid dienone is 4. The van der Waals surface area contributed by atoms with Gasteiger partial charge in [-0.2, -0.15) is 0 Å². The molecule has 0 bridgehead atoms. The average molecular weight is 434 g/mol. The molecule has 0 aromatic heterocycles. The number of nitriles is 1. The summed E-state index contributed by atoms with van der Waals surface area (Å²) in [6.07, 6.45) is 2.31. The predicted octanol–water partition coefficient (Wildman–Crippen LogP) is 4.01. The smallest absolute Gasteiger partial charge is 0.258 e. The summed E-state index contributed by atoms with van der Waals surface area (Å²) in [5, 5.41) is 31.0. The number of rotatable bonds is 4. The second-order valence-electron chi connectivity index (χ2n) is 6.16. The van der Waals surface area contributed by atoms with Crippen LogP contribution in [0.2, 0.25) is 0 Å². The highest BCUT2D eigenvalue weighted by Gasteiger charge is 2.31. The van der Waals surface area contributed by atoms with E-state index in [2.05, 4.69) is 4.85 Å². The number of nitro groups is 2. The third-order valence-corrected chi connectivity index (χ3v) is 6.23. The Hall–Kier alpha value is -4.61. The summed E-state index contributed by atoms with van der Waals surface area (Å²) in [4.78, 5) is 23.1. The molecule has 1 aliphatic rings. The molecule has 0 saturated heterocycles. The summed E-state index contributed by atoms with van der Waals surface area (Å²) < 4.78 is 26.6. The standard InChI is InChI=1S/C20H10N4O6S/c1-22-18(12-21)15-10-19(13-2-6-16(7-3-13)23(25)26)31(29,30)20(11-15)14-4-8-17(9-5-14)24(27)28/h2-11H. The van der Waals surface area contributed by atoms with Gasteiger partial charge in [0.2, 0.25) is 9.84 Å². The second-order valence-corrected chi connectivity index (χ2v) is 8.04. The summed E-state index contributed by atoms with van der Waals surface area (Å²) in [6, 6.07) is 11.3. The normalized spacial score (nSPS) is 14.5. The van der Waals surface area contributed by atoms with E-state index in [1.54, 1.807) is 6.07 Å². The van der Waals surface area contributed by atoms with Gasteiger partial charge in [-0.3, -0.25) is 20.2 Å². The van der Waals surface area contributed by atoms with Crippen LogP contribution in [0, 0.1) is 38.1 Å². The Morgan fingerprint density at radius 2 is 1.26 bits per heavy atom. The average Bonchev–Trinajstić information content (AvgIpc) is 2.75. The molecule has 10 nitrogen and oxygen atoms in total. The third-order valence-electron chi connectivity index (χ3n) is 4.37. The van der Waals surface area contributed by atoms with E-state index in [0.29, 0.717) is 0 Å². The van der Waals surface area contributed by atoms with Crippen molar-refractivity contribution in [1.29, 1.82) is 5.26 Å². The second kappa shape index (κ2) is 8.02. The van der Waals surface area contributed by atoms with E-state index in [0.717, 1.165) is 36.4 Å². The van der Waals surface area contributed by atoms with Crippen LogP contribution in [0.5, 0.6) is 0 Å². The van der Waals surface area contributed by atoms with Gasteiger partial charge >= 0.3 is 0 Å². The van der Waals surface area contributed by atoms with Crippen LogP contribution < -0.4 is 0 Å². The Labute approximate surface area is 175 Å². The molecular weight excluding hydrogens is 424 g/mol. The molecule has 0 atom stereocenters. The molecule has 2 aromatic rings. The molecule has 0 unspecified atom stereocenters. The molecule has 0 radical (unpaired) electrons. The lowest BCUT2D eigenvalue weighted by Crippen LogP contribution is -2.11. The minimum absolute atomic E-state index is 0.0361. The first kappa shape index (κ1) is 21.1. The van der Waals surface area contributed by atoms with Gasteiger partial charge in [-0.05, 0) is 53.1 Å². The van der Waals surface area contributed by atoms with Crippen molar-refractivity contribution in [2.45, 2.75) is 0 Å². The van der Waals surface area contributed by atoms with Crippen LogP contribution in [0.25, 0.3) is 14.7 Å². The molecule has 2 aromatic carbocycles. The van der Waals surface area contributed by atoms with E-state index in [4.69, 9.17) is 6.57 Å². The van der Waals surface area contributed by atoms with E-state index in [9.17, 15) is 33.9 Å². The number of sulfone groups is 1. The van der Waals surface area contributed by atoms with Crippen molar-refractivity contribution in [3.63, 3.8) is 0 Å². The molecule has 0 aliphatic carbocycles. The van der Waals surface area contributed by atoms with Crippen molar-refractivity contribution in [3.8, 4) is 6.07 Å². The molecule has 0 N–H and O–H groups in total. The molecule has 152 valence electrons. The maximum atomic E-state index is 13.3. The van der Waals surface area contributed by atoms with E-state index in [1.807, 2.05) is 0 Å². The Morgan fingerprint density at radius 3 is 1.55 bits per heavy atom. The largest absolute Gasteiger partial charge is 0.269 e. The van der Waals surface area contributed by atoms with Crippen LogP contribution in [0.15, 0.2) is 72.0 Å². The molecule has 1 heterocycles. The van der Waals surface area contributed by atoms with E-state index >= 15 is 0 Å². The van der Waals surface area contributed by atoms with Crippen LogP contribution >= 0.6 is 0 Å². The Kier molecular flexibility index (Phi) is 5.46. The minimum atomic E-state index is -4.18. The van der Waals surface area contributed by atoms with E-state index in [1.165, 1.54) is 24.3 Å². The number of non-ortho nitro benzene ring substituents is 2. The Bertz CT molecular complexity index is 1290. The first-order valence-electron chi connectivity index (χ1n) is 8.39. The van der Waals surface area contributed by atoms with E-state index < -0.39 is 19.7 Å². The van der Waals surface area contributed by atoms with Crippen LogP contribution in [0.3, 0.4) is 0 Å². The lowest BCUT2D eigenvalue weighted by molar-refractivity contribution is -0.385. The Morgan fingerprint density at radius 1 is 0.871 bits per heavy atom. The third kappa shape index (κ3) is 3.94. The molecular formula is C20H10N4O6S. The fourth-order valence-electron chi connectivity index (χ4n) is 2.86. The van der Waals surface area contributed by atoms with Crippen LogP contribution in [0.4, 0.5) is 11.4 Å². The topological polar surface area (TPSA) is 149 Å². The molecule has 3 rings (SSSR count). The minimum Gasteiger partial charge on any atom is -0.258 e. The van der Waals surface area contributed by atoms with Gasteiger partial charge in [0.25, 0.3) is 17.1 Å². The number of nitro benzene ring substituents is 2. The predicted molar refractivity (Wildman–Crippen MR) is 110 cm³/mol. The van der Waals surface area contributed by atoms with Crippen molar-refractivity contribution in [2.24, 2.45) is 0 Å². The van der Waals surface area contributed by atoms with Crippen LogP contribution in [0.1, 0.15) is 11.1 Å². The zero-order valence-corrected chi connectivity index (χ0v) is 16.2. The maximum absolute atomic E-state index is 13.3. The quantitative estimate of drug-likeness (QED) is 0.305. The van der Waals surface area contributed by atoms with Gasteiger partial charge in [0.05, 0.1) is 32.3 Å². The first-order chi connectivity index (χ1) is 14.7. The lowest BCUT2D eigenvalue weighted by atomic mass is 10.1. The van der Waals surface area contributed by atoms with Crippen molar-refractivity contribution in [3.05, 3.63) is 115 Å². The summed E-state index contributed by atoms with van der Waals surface area (Å²) in [5.74, 6) is 0. The zero-order valence-electron chi connectivity index (χ0n) is 15.4. The van der Waals surface area contributed by atoms with Crippen LogP contribution in [-0.2, 0) is 9.84 Å². The van der Waals surface area contributed by atoms with Crippen molar-refractivity contribution >= 4 is 31.0 Å². The number of hydrogen-bond acceptors (Lipinski definition) is 7. The lowest BCUT2D eigenvalue weighted by Gasteiger charge is -2.18. The van der Waals surface area contributed by atoms with Crippen molar-refractivity contribution in [1.82, 2.24) is 0 Å². The van der Waals surface area contributed by atoms with Gasteiger partial charge in [0, 0.05) is 24.3 Å². The molecule has 0 amide bonds. The summed E-state index contributed by atoms with van der Waals surface area (Å²) in [7, 11) is -4.18. The van der Waals surface area contributed by atoms with Crippen molar-refractivity contribution in [2.75, 3.05) is 0 Å². The summed E-state index contributed by atoms with van der Waals surface area (Å²) >= 11 is 0. The van der Waals surface area contributed by atoms with Gasteiger partial charge in [-0.25, -0.2) is 18.5 Å². The fourth-order valence-corrected chi connectivity index (χ4v) is 4.55. The van der Waals surface area contributed by atoms with E-state index in [-0.39, 0.29) is 43.6 Å². The molecule has 11 heteroatoms. The highest BCUT2D eigenvalue weighted by Crippen LogP contribution is 2.40. The van der Waals surface area contributed by atoms with Gasteiger partial charge in [0.1, 0.15) is 0 Å². The SMILES string of the molecule is [C-]#[N+]C(C#N)=C1C=C(c2ccc([N+](=O)[O-])cc2)S(=O)(=O)C(c2ccc([N+](=O)[O-])cc2)=C1. The summed E-state index contributed by atoms with van der Waals surface area (Å²) in [5.41, 5.74) is -0.546. The maximum Gasteiger partial charge on any atom is 0.269 e. The highest BCUT2D eigenvalue weighted by molar-refractivity contribution is 8.09. The molecule has 0 fully saturated rings. The molecule has 0 saturated carbocycles. The number of benzene rings is 2. The first-order valence-corrected chi connectivity index (χ1v) is 9.87. The summed E-state index contributed by atoms with van der Waals surface area (Å²) in [6.45, 7) is 7.17.